The number of rotatable bonds is 7. The highest BCUT2D eigenvalue weighted by molar-refractivity contribution is 6.31. The van der Waals surface area contributed by atoms with Crippen LogP contribution >= 0.6 is 11.6 Å². The van der Waals surface area contributed by atoms with Crippen molar-refractivity contribution in [2.45, 2.75) is 25.9 Å². The van der Waals surface area contributed by atoms with Gasteiger partial charge in [0.1, 0.15) is 5.75 Å². The van der Waals surface area contributed by atoms with Crippen molar-refractivity contribution in [3.8, 4) is 5.75 Å². The van der Waals surface area contributed by atoms with Crippen LogP contribution < -0.4 is 16.2 Å². The van der Waals surface area contributed by atoms with E-state index in [4.69, 9.17) is 11.6 Å². The van der Waals surface area contributed by atoms with Gasteiger partial charge in [0.15, 0.2) is 5.69 Å². The van der Waals surface area contributed by atoms with E-state index in [1.807, 2.05) is 29.9 Å². The second-order valence-corrected chi connectivity index (χ2v) is 8.93. The molecule has 2 aromatic carbocycles. The van der Waals surface area contributed by atoms with E-state index in [1.54, 1.807) is 43.3 Å². The Kier molecular flexibility index (Phi) is 7.03. The molecule has 0 fully saturated rings. The van der Waals surface area contributed by atoms with Crippen LogP contribution in [-0.4, -0.2) is 31.3 Å². The van der Waals surface area contributed by atoms with Gasteiger partial charge in [-0.3, -0.25) is 9.59 Å². The number of carboxylic acid groups (broad SMARTS) is 1. The van der Waals surface area contributed by atoms with E-state index >= 15 is 0 Å². The van der Waals surface area contributed by atoms with Crippen LogP contribution in [0.1, 0.15) is 29.2 Å². The summed E-state index contributed by atoms with van der Waals surface area (Å²) in [6.45, 7) is 1.73. The second kappa shape index (κ2) is 10.2. The Bertz CT molecular complexity index is 1520. The summed E-state index contributed by atoms with van der Waals surface area (Å²) in [5.74, 6) is -1.48. The molecule has 2 heterocycles. The predicted molar refractivity (Wildman–Crippen MR) is 138 cm³/mol. The molecular weight excluding hydrogens is 484 g/mol. The number of fused-ring (bicyclic) bond motifs is 1. The Morgan fingerprint density at radius 2 is 1.86 bits per heavy atom. The first-order valence-electron chi connectivity index (χ1n) is 11.2. The summed E-state index contributed by atoms with van der Waals surface area (Å²) in [4.78, 5) is 37.7. The maximum atomic E-state index is 13.1. The normalized spacial score (nSPS) is 11.9. The molecule has 2 amide bonds. The summed E-state index contributed by atoms with van der Waals surface area (Å²) in [6.07, 6.45) is 2.94. The Morgan fingerprint density at radius 1 is 1.11 bits per heavy atom. The highest BCUT2D eigenvalue weighted by Crippen LogP contribution is 2.28. The summed E-state index contributed by atoms with van der Waals surface area (Å²) >= 11 is 6.23. The van der Waals surface area contributed by atoms with Crippen LogP contribution in [0.2, 0.25) is 5.02 Å². The zero-order valence-corrected chi connectivity index (χ0v) is 20.4. The minimum Gasteiger partial charge on any atom is -0.505 e. The Morgan fingerprint density at radius 3 is 2.58 bits per heavy atom. The molecule has 0 saturated heterocycles. The molecule has 10 heteroatoms. The molecule has 0 bridgehead atoms. The van der Waals surface area contributed by atoms with Gasteiger partial charge in [0, 0.05) is 30.0 Å². The van der Waals surface area contributed by atoms with E-state index in [2.05, 4.69) is 10.6 Å². The first-order chi connectivity index (χ1) is 17.2. The number of aliphatic carboxylic acids is 1. The van der Waals surface area contributed by atoms with Crippen molar-refractivity contribution in [2.75, 3.05) is 5.32 Å². The van der Waals surface area contributed by atoms with Gasteiger partial charge in [-0.2, -0.15) is 0 Å². The minimum atomic E-state index is -1.10. The summed E-state index contributed by atoms with van der Waals surface area (Å²) in [7, 11) is 1.83. The fraction of sp³-hybridized carbons (Fsp3) is 0.192. The largest absolute Gasteiger partial charge is 0.505 e. The number of amides is 2. The molecule has 0 unspecified atom stereocenters. The van der Waals surface area contributed by atoms with E-state index in [0.717, 1.165) is 10.9 Å². The molecule has 0 aliphatic rings. The van der Waals surface area contributed by atoms with E-state index in [9.17, 15) is 24.6 Å². The van der Waals surface area contributed by atoms with Crippen LogP contribution in [0.5, 0.6) is 5.75 Å². The molecule has 1 atom stereocenters. The lowest BCUT2D eigenvalue weighted by Gasteiger charge is -2.20. The number of carbonyl (C=O) groups is 2. The second-order valence-electron chi connectivity index (χ2n) is 8.52. The lowest BCUT2D eigenvalue weighted by Crippen LogP contribution is -2.36. The number of nitrogens with one attached hydrogen (secondary N) is 2. The van der Waals surface area contributed by atoms with Crippen molar-refractivity contribution in [3.05, 3.63) is 93.0 Å². The Labute approximate surface area is 211 Å². The minimum absolute atomic E-state index is 0.132. The fourth-order valence-corrected chi connectivity index (χ4v) is 4.42. The topological polar surface area (TPSA) is 126 Å². The molecular formula is C26H25ClN4O5. The number of pyridine rings is 1. The van der Waals surface area contributed by atoms with Gasteiger partial charge < -0.3 is 30.0 Å². The highest BCUT2D eigenvalue weighted by atomic mass is 35.5. The van der Waals surface area contributed by atoms with Crippen LogP contribution in [-0.2, 0) is 18.4 Å². The summed E-state index contributed by atoms with van der Waals surface area (Å²) in [5, 5.41) is 26.5. The fourth-order valence-electron chi connectivity index (χ4n) is 4.23. The number of benzene rings is 2. The van der Waals surface area contributed by atoms with Crippen molar-refractivity contribution in [2.24, 2.45) is 7.05 Å². The smallest absolute Gasteiger partial charge is 0.319 e. The van der Waals surface area contributed by atoms with E-state index in [-0.39, 0.29) is 24.4 Å². The van der Waals surface area contributed by atoms with Crippen LogP contribution in [0.25, 0.3) is 10.9 Å². The maximum absolute atomic E-state index is 13.1. The number of aromatic nitrogens is 2. The van der Waals surface area contributed by atoms with Crippen molar-refractivity contribution < 1.29 is 19.8 Å². The number of hydrogen-bond acceptors (Lipinski definition) is 4. The SMILES string of the molecule is Cc1cn(Cc2ccccc2Cl)c(=O)c(NC(=O)N[C@@H](CC(=O)O)c2cccc3ccn(C)c23)c1O. The summed E-state index contributed by atoms with van der Waals surface area (Å²) in [6, 6.07) is 12.6. The van der Waals surface area contributed by atoms with Crippen molar-refractivity contribution in [3.63, 3.8) is 0 Å². The molecule has 0 aliphatic heterocycles. The Balaban J connectivity index is 1.64. The van der Waals surface area contributed by atoms with Gasteiger partial charge in [-0.05, 0) is 35.6 Å². The van der Waals surface area contributed by atoms with Crippen molar-refractivity contribution in [1.82, 2.24) is 14.5 Å². The van der Waals surface area contributed by atoms with Crippen LogP contribution in [0.4, 0.5) is 10.5 Å². The average molecular weight is 509 g/mol. The third-order valence-electron chi connectivity index (χ3n) is 5.96. The number of hydrogen-bond donors (Lipinski definition) is 4. The number of halogens is 1. The van der Waals surface area contributed by atoms with Crippen LogP contribution in [0.3, 0.4) is 0 Å². The number of carboxylic acids is 1. The van der Waals surface area contributed by atoms with Gasteiger partial charge in [0.05, 0.1) is 24.5 Å². The first-order valence-corrected chi connectivity index (χ1v) is 11.5. The average Bonchev–Trinajstić information content (AvgIpc) is 3.22. The van der Waals surface area contributed by atoms with E-state index in [1.165, 1.54) is 10.8 Å². The molecule has 36 heavy (non-hydrogen) atoms. The van der Waals surface area contributed by atoms with E-state index < -0.39 is 23.6 Å². The molecule has 0 radical (unpaired) electrons. The molecule has 186 valence electrons. The lowest BCUT2D eigenvalue weighted by atomic mass is 10.0. The van der Waals surface area contributed by atoms with Crippen LogP contribution in [0, 0.1) is 6.92 Å². The maximum Gasteiger partial charge on any atom is 0.319 e. The molecule has 9 nitrogen and oxygen atoms in total. The monoisotopic (exact) mass is 508 g/mol. The predicted octanol–water partition coefficient (Wildman–Crippen LogP) is 4.39. The number of anilines is 1. The molecule has 4 N–H and O–H groups in total. The third kappa shape index (κ3) is 5.06. The zero-order chi connectivity index (χ0) is 26.0. The van der Waals surface area contributed by atoms with Gasteiger partial charge >= 0.3 is 12.0 Å². The number of para-hydroxylation sites is 1. The number of carbonyl (C=O) groups excluding carboxylic acids is 1. The van der Waals surface area contributed by atoms with Gasteiger partial charge in [0.25, 0.3) is 5.56 Å². The van der Waals surface area contributed by atoms with Gasteiger partial charge in [-0.1, -0.05) is 48.0 Å². The number of nitrogens with zero attached hydrogens (tertiary/aromatic N) is 2. The van der Waals surface area contributed by atoms with E-state index in [0.29, 0.717) is 21.7 Å². The number of aromatic hydroxyl groups is 1. The summed E-state index contributed by atoms with van der Waals surface area (Å²) < 4.78 is 3.18. The molecule has 4 aromatic rings. The van der Waals surface area contributed by atoms with Gasteiger partial charge in [-0.25, -0.2) is 4.79 Å². The third-order valence-corrected chi connectivity index (χ3v) is 6.33. The molecule has 2 aromatic heterocycles. The molecule has 0 spiro atoms. The Hall–Kier alpha value is -4.24. The summed E-state index contributed by atoms with van der Waals surface area (Å²) in [5.41, 5.74) is 1.51. The van der Waals surface area contributed by atoms with Crippen LogP contribution in [0.15, 0.2) is 65.7 Å². The molecule has 0 saturated carbocycles. The zero-order valence-electron chi connectivity index (χ0n) is 19.7. The number of aryl methyl sites for hydroxylation is 2. The lowest BCUT2D eigenvalue weighted by molar-refractivity contribution is -0.137. The number of urea groups is 1. The quantitative estimate of drug-likeness (QED) is 0.294. The molecule has 0 aliphatic carbocycles. The van der Waals surface area contributed by atoms with Crippen molar-refractivity contribution >= 4 is 40.2 Å². The highest BCUT2D eigenvalue weighted by Gasteiger charge is 2.23. The van der Waals surface area contributed by atoms with Crippen molar-refractivity contribution in [1.29, 1.82) is 0 Å². The van der Waals surface area contributed by atoms with Gasteiger partial charge in [-0.15, -0.1) is 0 Å². The first kappa shape index (κ1) is 24.9. The van der Waals surface area contributed by atoms with Gasteiger partial charge in [0.2, 0.25) is 0 Å². The molecule has 4 rings (SSSR count). The standard InChI is InChI=1S/C26H25ClN4O5/c1-15-13-31(14-17-6-3-4-9-19(17)27)25(35)22(24(15)34)29-26(36)28-20(12-21(32)33)18-8-5-7-16-10-11-30(2)23(16)18/h3-11,13,20,34H,12,14H2,1-2H3,(H,32,33)(H2,28,29,36)/t20-/m0/s1.